The molecule has 0 saturated heterocycles. The molecule has 0 fully saturated rings. The van der Waals surface area contributed by atoms with E-state index in [1.54, 1.807) is 0 Å². The summed E-state index contributed by atoms with van der Waals surface area (Å²) in [4.78, 5) is 0. The molecule has 126 valence electrons. The molecule has 0 aliphatic rings. The molecule has 0 saturated carbocycles. The van der Waals surface area contributed by atoms with E-state index in [0.29, 0.717) is 5.75 Å². The van der Waals surface area contributed by atoms with Gasteiger partial charge in [0.1, 0.15) is 5.75 Å². The van der Waals surface area contributed by atoms with Crippen LogP contribution in [0.25, 0.3) is 21.5 Å². The lowest BCUT2D eigenvalue weighted by Crippen LogP contribution is -2.01. The minimum absolute atomic E-state index is 0.414. The SMILES string of the molecule is Cc1c2c(O)c(I)c(I)c(I)c2c(C)c2c(I)c(I)c(I)c(I)c12. The zero-order valence-corrected chi connectivity index (χ0v) is 27.2. The lowest BCUT2D eigenvalue weighted by molar-refractivity contribution is 0.477. The molecule has 0 amide bonds. The molecule has 24 heavy (non-hydrogen) atoms. The Morgan fingerprint density at radius 1 is 0.458 bits per heavy atom. The van der Waals surface area contributed by atoms with Crippen molar-refractivity contribution in [2.45, 2.75) is 13.8 Å². The van der Waals surface area contributed by atoms with Crippen molar-refractivity contribution in [3.05, 3.63) is 36.1 Å². The normalized spacial score (nSPS) is 11.7. The summed E-state index contributed by atoms with van der Waals surface area (Å²) >= 11 is 16.8. The number of halogens is 7. The summed E-state index contributed by atoms with van der Waals surface area (Å²) in [5, 5.41) is 15.7. The number of phenols is 1. The highest BCUT2D eigenvalue weighted by atomic mass is 127. The molecule has 0 unspecified atom stereocenters. The monoisotopic (exact) mass is 1100 g/mol. The molecule has 0 aliphatic heterocycles. The van der Waals surface area contributed by atoms with E-state index in [0.717, 1.165) is 12.5 Å². The summed E-state index contributed by atoms with van der Waals surface area (Å²) in [7, 11) is 0. The molecular formula is C16H7I7O. The third-order valence-electron chi connectivity index (χ3n) is 4.07. The Hall–Kier alpha value is 3.09. The highest BCUT2D eigenvalue weighted by Gasteiger charge is 2.24. The number of hydrogen-bond donors (Lipinski definition) is 1. The zero-order chi connectivity index (χ0) is 18.1. The molecule has 0 spiro atoms. The van der Waals surface area contributed by atoms with Gasteiger partial charge in [-0.15, -0.1) is 0 Å². The van der Waals surface area contributed by atoms with Crippen LogP contribution in [-0.2, 0) is 0 Å². The number of aromatic hydroxyl groups is 1. The van der Waals surface area contributed by atoms with Gasteiger partial charge in [0, 0.05) is 43.0 Å². The molecule has 0 heterocycles. The Balaban J connectivity index is 2.82. The molecular weight excluding hydrogens is 1100 g/mol. The fourth-order valence-electron chi connectivity index (χ4n) is 2.95. The smallest absolute Gasteiger partial charge is 0.138 e. The lowest BCUT2D eigenvalue weighted by atomic mass is 9.93. The van der Waals surface area contributed by atoms with E-state index in [1.807, 2.05) is 0 Å². The predicted molar refractivity (Wildman–Crippen MR) is 162 cm³/mol. The van der Waals surface area contributed by atoms with E-state index >= 15 is 0 Å². The van der Waals surface area contributed by atoms with Gasteiger partial charge >= 0.3 is 0 Å². The van der Waals surface area contributed by atoms with Crippen molar-refractivity contribution >= 4 is 180 Å². The van der Waals surface area contributed by atoms with Crippen LogP contribution in [-0.4, -0.2) is 5.11 Å². The van der Waals surface area contributed by atoms with Gasteiger partial charge < -0.3 is 5.11 Å². The van der Waals surface area contributed by atoms with Gasteiger partial charge in [-0.3, -0.25) is 0 Å². The second kappa shape index (κ2) is 8.08. The molecule has 1 N–H and O–H groups in total. The summed E-state index contributed by atoms with van der Waals surface area (Å²) in [6.07, 6.45) is 0. The van der Waals surface area contributed by atoms with Gasteiger partial charge in [-0.05, 0) is 183 Å². The van der Waals surface area contributed by atoms with Crippen LogP contribution in [0.5, 0.6) is 5.75 Å². The van der Waals surface area contributed by atoms with Crippen LogP contribution < -0.4 is 0 Å². The second-order valence-corrected chi connectivity index (χ2v) is 12.8. The van der Waals surface area contributed by atoms with E-state index in [4.69, 9.17) is 0 Å². The van der Waals surface area contributed by atoms with Crippen molar-refractivity contribution in [1.82, 2.24) is 0 Å². The predicted octanol–water partition coefficient (Wildman–Crippen LogP) is 8.55. The van der Waals surface area contributed by atoms with Crippen molar-refractivity contribution in [3.63, 3.8) is 0 Å². The highest BCUT2D eigenvalue weighted by Crippen LogP contribution is 2.47. The molecule has 0 aromatic heterocycles. The van der Waals surface area contributed by atoms with Crippen LogP contribution in [0.4, 0.5) is 0 Å². The van der Waals surface area contributed by atoms with Crippen molar-refractivity contribution < 1.29 is 5.11 Å². The number of hydrogen-bond acceptors (Lipinski definition) is 1. The molecule has 0 aliphatic carbocycles. The van der Waals surface area contributed by atoms with Gasteiger partial charge in [-0.25, -0.2) is 0 Å². The zero-order valence-electron chi connectivity index (χ0n) is 12.1. The molecule has 0 radical (unpaired) electrons. The standard InChI is InChI=1S/C16H7I7O/c1-3-5-6(10(18)13(21)12(20)9(5)17)4(2)8-7(3)11(19)14(22)15(23)16(8)24/h24H,1-2H3. The first-order valence-electron chi connectivity index (χ1n) is 6.55. The van der Waals surface area contributed by atoms with E-state index in [9.17, 15) is 5.11 Å². The Bertz CT molecular complexity index is 892. The molecule has 3 aromatic carbocycles. The van der Waals surface area contributed by atoms with Gasteiger partial charge in [0.05, 0.1) is 3.57 Å². The molecule has 3 rings (SSSR count). The second-order valence-electron chi connectivity index (χ2n) is 5.30. The Kier molecular flexibility index (Phi) is 7.33. The lowest BCUT2D eigenvalue weighted by Gasteiger charge is -2.20. The van der Waals surface area contributed by atoms with Crippen LogP contribution in [0.2, 0.25) is 0 Å². The highest BCUT2D eigenvalue weighted by molar-refractivity contribution is 14.1. The average molecular weight is 1100 g/mol. The third kappa shape index (κ3) is 3.23. The largest absolute Gasteiger partial charge is 0.506 e. The van der Waals surface area contributed by atoms with Gasteiger partial charge in [-0.1, -0.05) is 0 Å². The summed E-state index contributed by atoms with van der Waals surface area (Å²) in [6.45, 7) is 4.33. The number of aryl methyl sites for hydroxylation is 2. The Morgan fingerprint density at radius 3 is 1.17 bits per heavy atom. The van der Waals surface area contributed by atoms with E-state index < -0.39 is 0 Å². The topological polar surface area (TPSA) is 20.2 Å². The van der Waals surface area contributed by atoms with Crippen molar-refractivity contribution in [1.29, 1.82) is 0 Å². The fourth-order valence-corrected chi connectivity index (χ4v) is 9.47. The Morgan fingerprint density at radius 2 is 0.750 bits per heavy atom. The van der Waals surface area contributed by atoms with Gasteiger partial charge in [0.2, 0.25) is 0 Å². The van der Waals surface area contributed by atoms with Crippen molar-refractivity contribution in [2.24, 2.45) is 0 Å². The quantitative estimate of drug-likeness (QED) is 0.104. The van der Waals surface area contributed by atoms with Crippen LogP contribution in [0.15, 0.2) is 0 Å². The van der Waals surface area contributed by atoms with E-state index in [2.05, 4.69) is 172 Å². The number of phenolic OH excluding ortho intramolecular Hbond substituents is 1. The first kappa shape index (κ1) is 21.8. The summed E-state index contributed by atoms with van der Waals surface area (Å²) in [5.41, 5.74) is 2.43. The van der Waals surface area contributed by atoms with Gasteiger partial charge in [-0.2, -0.15) is 0 Å². The maximum absolute atomic E-state index is 10.9. The Labute approximate surface area is 235 Å². The summed E-state index contributed by atoms with van der Waals surface area (Å²) < 4.78 is 8.49. The number of rotatable bonds is 0. The van der Waals surface area contributed by atoms with Crippen LogP contribution >= 0.6 is 158 Å². The van der Waals surface area contributed by atoms with E-state index in [-0.39, 0.29) is 0 Å². The minimum Gasteiger partial charge on any atom is -0.506 e. The molecule has 0 atom stereocenters. The number of fused-ring (bicyclic) bond motifs is 2. The average Bonchev–Trinajstić information content (AvgIpc) is 2.55. The first-order valence-corrected chi connectivity index (χ1v) is 14.1. The maximum Gasteiger partial charge on any atom is 0.138 e. The van der Waals surface area contributed by atoms with Gasteiger partial charge in [0.25, 0.3) is 0 Å². The molecule has 1 nitrogen and oxygen atoms in total. The van der Waals surface area contributed by atoms with Crippen LogP contribution in [0.3, 0.4) is 0 Å². The number of benzene rings is 3. The molecule has 8 heteroatoms. The van der Waals surface area contributed by atoms with Gasteiger partial charge in [0.15, 0.2) is 0 Å². The van der Waals surface area contributed by atoms with Crippen LogP contribution in [0.1, 0.15) is 11.1 Å². The fraction of sp³-hybridized carbons (Fsp3) is 0.125. The molecule has 0 bridgehead atoms. The maximum atomic E-state index is 10.9. The summed E-state index contributed by atoms with van der Waals surface area (Å²) in [5.74, 6) is 0.414. The van der Waals surface area contributed by atoms with Crippen LogP contribution in [0, 0.1) is 38.8 Å². The molecule has 3 aromatic rings. The van der Waals surface area contributed by atoms with E-state index in [1.165, 1.54) is 45.1 Å². The van der Waals surface area contributed by atoms with Crippen molar-refractivity contribution in [2.75, 3.05) is 0 Å². The summed E-state index contributed by atoms with van der Waals surface area (Å²) in [6, 6.07) is 0. The third-order valence-corrected chi connectivity index (χ3v) is 16.7. The first-order chi connectivity index (χ1) is 11.1. The minimum atomic E-state index is 0.414. The van der Waals surface area contributed by atoms with Crippen molar-refractivity contribution in [3.8, 4) is 5.75 Å².